The van der Waals surface area contributed by atoms with E-state index in [2.05, 4.69) is 58.3 Å². The number of carbonyl (C=O) groups excluding carboxylic acids is 2. The van der Waals surface area contributed by atoms with E-state index in [4.69, 9.17) is 18.9 Å². The quantitative estimate of drug-likeness (QED) is 0.321. The van der Waals surface area contributed by atoms with Crippen LogP contribution in [-0.4, -0.2) is 127 Å². The van der Waals surface area contributed by atoms with Crippen molar-refractivity contribution in [1.82, 2.24) is 14.7 Å². The fourth-order valence-corrected chi connectivity index (χ4v) is 15.5. The average Bonchev–Trinajstić information content (AvgIpc) is 3.70. The number of aliphatic hydroxyl groups excluding tert-OH is 1. The van der Waals surface area contributed by atoms with Crippen molar-refractivity contribution in [3.63, 3.8) is 0 Å². The van der Waals surface area contributed by atoms with E-state index in [0.29, 0.717) is 48.3 Å². The second kappa shape index (κ2) is 13.1. The molecule has 0 bridgehead atoms. The molecule has 2 spiro atoms. The van der Waals surface area contributed by atoms with Crippen molar-refractivity contribution in [2.45, 2.75) is 156 Å². The average molecular weight is 754 g/mol. The second-order valence-corrected chi connectivity index (χ2v) is 21.5. The number of Topliss-reactive ketones (excluding diaryl/α,β-unsaturated/α-hetero) is 1. The number of hydrogen-bond acceptors (Lipinski definition) is 9. The number of hydrogen-bond donors (Lipinski definition) is 1. The van der Waals surface area contributed by atoms with Crippen LogP contribution in [0.1, 0.15) is 113 Å². The molecule has 4 saturated heterocycles. The molecular weight excluding hydrogens is 682 g/mol. The Bertz CT molecular complexity index is 1480. The Morgan fingerprint density at radius 3 is 2.35 bits per heavy atom. The highest BCUT2D eigenvalue weighted by Gasteiger charge is 2.84. The van der Waals surface area contributed by atoms with Crippen LogP contribution in [0.15, 0.2) is 0 Å². The highest BCUT2D eigenvalue weighted by Crippen LogP contribution is 2.89. The molecule has 304 valence electrons. The van der Waals surface area contributed by atoms with Gasteiger partial charge in [0.1, 0.15) is 11.9 Å². The van der Waals surface area contributed by atoms with Gasteiger partial charge in [0.2, 0.25) is 0 Å². The molecule has 9 rings (SSSR count). The molecule has 1 unspecified atom stereocenters. The Morgan fingerprint density at radius 2 is 1.67 bits per heavy atom. The number of likely N-dealkylation sites (tertiary alicyclic amines) is 2. The minimum absolute atomic E-state index is 0.000789. The molecule has 0 radical (unpaired) electrons. The van der Waals surface area contributed by atoms with Crippen molar-refractivity contribution in [1.29, 1.82) is 0 Å². The van der Waals surface area contributed by atoms with Gasteiger partial charge in [-0.1, -0.05) is 48.5 Å². The lowest BCUT2D eigenvalue weighted by Gasteiger charge is -2.64. The smallest absolute Gasteiger partial charge is 0.410 e. The molecule has 0 aromatic heterocycles. The SMILES string of the molecule is CC(=O)CN1CC(N2CCO[C@@H](OC3CC[C@]45C[C@]46CC[C@]4(C)[C@@H]7[C@H](O[C@@H]([C@H](OC(=O)N8CCC8)C(C)C)C[C@H]7C)[C@H](O)[C@@]4(C)[C@@H]6CC[C@H]5C3(C)C)C2)C1. The third-order valence-corrected chi connectivity index (χ3v) is 18.4. The number of fused-ring (bicyclic) bond motifs is 4. The minimum atomic E-state index is -0.530. The van der Waals surface area contributed by atoms with Crippen molar-refractivity contribution in [2.24, 2.45) is 56.7 Å². The van der Waals surface area contributed by atoms with Gasteiger partial charge >= 0.3 is 6.09 Å². The zero-order chi connectivity index (χ0) is 38.2. The lowest BCUT2D eigenvalue weighted by molar-refractivity contribution is -0.253. The monoisotopic (exact) mass is 754 g/mol. The van der Waals surface area contributed by atoms with E-state index in [1.807, 2.05) is 0 Å². The van der Waals surface area contributed by atoms with Crippen molar-refractivity contribution < 1.29 is 33.6 Å². The molecule has 9 fully saturated rings. The molecule has 1 amide bonds. The van der Waals surface area contributed by atoms with E-state index in [1.54, 1.807) is 11.8 Å². The number of morpholine rings is 1. The van der Waals surface area contributed by atoms with Crippen LogP contribution >= 0.6 is 0 Å². The maximum atomic E-state index is 13.0. The maximum Gasteiger partial charge on any atom is 0.410 e. The first-order chi connectivity index (χ1) is 25.6. The highest BCUT2D eigenvalue weighted by molar-refractivity contribution is 5.77. The number of amides is 1. The maximum absolute atomic E-state index is 13.0. The van der Waals surface area contributed by atoms with Gasteiger partial charge in [0.15, 0.2) is 6.29 Å². The van der Waals surface area contributed by atoms with Crippen LogP contribution in [0.25, 0.3) is 0 Å². The lowest BCUT2D eigenvalue weighted by Crippen LogP contribution is -2.64. The summed E-state index contributed by atoms with van der Waals surface area (Å²) in [5, 5.41) is 12.7. The molecule has 5 aliphatic carbocycles. The van der Waals surface area contributed by atoms with E-state index < -0.39 is 6.10 Å². The summed E-state index contributed by atoms with van der Waals surface area (Å²) in [7, 11) is 0. The summed E-state index contributed by atoms with van der Waals surface area (Å²) in [4.78, 5) is 31.2. The number of ketones is 1. The zero-order valence-electron chi connectivity index (χ0n) is 34.7. The first-order valence-corrected chi connectivity index (χ1v) is 22.1. The number of carbonyl (C=O) groups is 2. The van der Waals surface area contributed by atoms with Gasteiger partial charge in [-0.3, -0.25) is 14.6 Å². The van der Waals surface area contributed by atoms with Crippen LogP contribution in [0.5, 0.6) is 0 Å². The number of ether oxygens (including phenoxy) is 4. The Balaban J connectivity index is 0.896. The summed E-state index contributed by atoms with van der Waals surface area (Å²) in [6, 6.07) is 0.486. The molecule has 0 aromatic rings. The third-order valence-electron chi connectivity index (χ3n) is 18.4. The van der Waals surface area contributed by atoms with Gasteiger partial charge < -0.3 is 29.0 Å². The van der Waals surface area contributed by atoms with Gasteiger partial charge in [-0.05, 0) is 116 Å². The van der Waals surface area contributed by atoms with E-state index in [9.17, 15) is 14.7 Å². The first-order valence-electron chi connectivity index (χ1n) is 22.1. The Morgan fingerprint density at radius 1 is 0.944 bits per heavy atom. The number of nitrogens with zero attached hydrogens (tertiary/aromatic N) is 3. The third kappa shape index (κ3) is 5.37. The van der Waals surface area contributed by atoms with Crippen LogP contribution in [-0.2, 0) is 23.7 Å². The van der Waals surface area contributed by atoms with Gasteiger partial charge in [0, 0.05) is 50.7 Å². The number of aliphatic hydroxyl groups is 1. The predicted octanol–water partition coefficient (Wildman–Crippen LogP) is 5.98. The van der Waals surface area contributed by atoms with Gasteiger partial charge in [-0.25, -0.2) is 4.79 Å². The fourth-order valence-electron chi connectivity index (χ4n) is 15.5. The van der Waals surface area contributed by atoms with Gasteiger partial charge in [-0.15, -0.1) is 0 Å². The van der Waals surface area contributed by atoms with Crippen LogP contribution in [0.3, 0.4) is 0 Å². The molecule has 0 aromatic carbocycles. The normalized spacial score (nSPS) is 49.0. The van der Waals surface area contributed by atoms with Crippen molar-refractivity contribution in [3.8, 4) is 0 Å². The Labute approximate surface area is 324 Å². The minimum Gasteiger partial charge on any atom is -0.443 e. The topological polar surface area (TPSA) is 101 Å². The zero-order valence-corrected chi connectivity index (χ0v) is 34.7. The molecule has 1 N–H and O–H groups in total. The number of rotatable bonds is 8. The van der Waals surface area contributed by atoms with Crippen LogP contribution < -0.4 is 0 Å². The molecule has 14 atom stereocenters. The van der Waals surface area contributed by atoms with Crippen LogP contribution in [0.4, 0.5) is 4.79 Å². The first kappa shape index (κ1) is 38.2. The Kier molecular flexibility index (Phi) is 9.28. The molecule has 5 saturated carbocycles. The summed E-state index contributed by atoms with van der Waals surface area (Å²) in [6.07, 6.45) is 8.76. The molecule has 54 heavy (non-hydrogen) atoms. The van der Waals surface area contributed by atoms with E-state index in [1.165, 1.54) is 25.7 Å². The lowest BCUT2D eigenvalue weighted by atomic mass is 9.41. The van der Waals surface area contributed by atoms with Gasteiger partial charge in [-0.2, -0.15) is 0 Å². The fraction of sp³-hybridized carbons (Fsp3) is 0.955. The highest BCUT2D eigenvalue weighted by atomic mass is 16.7. The standard InChI is InChI=1S/C44H71N3O7/c1-26(2)36(54-39(50)46-16-9-17-46)30-20-27(3)35-37(52-30)38(49)42(8)32-11-10-31-40(5,6)33(12-13-43(31)25-44(32,43)15-14-41(35,42)7)53-34-24-47(18-19-51-34)29-22-45(23-29)21-28(4)48/h26-27,29-38,49H,9-25H2,1-8H3/t27-,30-,31+,32+,33?,34+,35+,36-,37+,38+,41-,42-,43-,44+/m1/s1. The molecule has 4 heterocycles. The molecule has 9 aliphatic rings. The summed E-state index contributed by atoms with van der Waals surface area (Å²) in [6.45, 7) is 24.8. The molecule has 4 aliphatic heterocycles. The van der Waals surface area contributed by atoms with Crippen molar-refractivity contribution in [2.75, 3.05) is 52.4 Å². The van der Waals surface area contributed by atoms with Crippen LogP contribution in [0.2, 0.25) is 0 Å². The summed E-state index contributed by atoms with van der Waals surface area (Å²) < 4.78 is 26.6. The van der Waals surface area contributed by atoms with Crippen LogP contribution in [0, 0.1) is 56.7 Å². The van der Waals surface area contributed by atoms with Gasteiger partial charge in [0.25, 0.3) is 0 Å². The van der Waals surface area contributed by atoms with E-state index >= 15 is 0 Å². The predicted molar refractivity (Wildman–Crippen MR) is 204 cm³/mol. The summed E-state index contributed by atoms with van der Waals surface area (Å²) >= 11 is 0. The molecule has 10 heteroatoms. The molecule has 10 nitrogen and oxygen atoms in total. The van der Waals surface area contributed by atoms with Crippen molar-refractivity contribution in [3.05, 3.63) is 0 Å². The molecular formula is C44H71N3O7. The van der Waals surface area contributed by atoms with E-state index in [-0.39, 0.29) is 70.2 Å². The summed E-state index contributed by atoms with van der Waals surface area (Å²) in [5.41, 5.74) is 0.426. The largest absolute Gasteiger partial charge is 0.443 e. The summed E-state index contributed by atoms with van der Waals surface area (Å²) in [5.74, 6) is 2.14. The van der Waals surface area contributed by atoms with Crippen molar-refractivity contribution >= 4 is 11.9 Å². The van der Waals surface area contributed by atoms with E-state index in [0.717, 1.165) is 71.4 Å². The second-order valence-electron chi connectivity index (χ2n) is 21.5. The van der Waals surface area contributed by atoms with Gasteiger partial charge in [0.05, 0.1) is 37.6 Å². The Hall–Kier alpha value is -1.30.